The maximum absolute atomic E-state index is 5.96. The highest BCUT2D eigenvalue weighted by Crippen LogP contribution is 2.33. The predicted octanol–water partition coefficient (Wildman–Crippen LogP) is 2.70. The van der Waals surface area contributed by atoms with E-state index in [1.807, 2.05) is 13.1 Å². The quantitative estimate of drug-likeness (QED) is 0.870. The number of likely N-dealkylation sites (N-methyl/N-ethyl adjacent to an activating group) is 1. The molecule has 0 fully saturated rings. The first-order valence-corrected chi connectivity index (χ1v) is 6.75. The third-order valence-corrected chi connectivity index (χ3v) is 3.60. The summed E-state index contributed by atoms with van der Waals surface area (Å²) in [7, 11) is 3.72. The van der Waals surface area contributed by atoms with Gasteiger partial charge in [-0.2, -0.15) is 0 Å². The maximum atomic E-state index is 5.96. The first kappa shape index (κ1) is 13.4. The first-order valence-electron chi connectivity index (χ1n) is 6.75. The minimum absolute atomic E-state index is 0.288. The molecule has 0 bridgehead atoms. The molecule has 2 rings (SSSR count). The van der Waals surface area contributed by atoms with E-state index in [1.165, 1.54) is 11.1 Å². The molecule has 1 aromatic carbocycles. The summed E-state index contributed by atoms with van der Waals surface area (Å²) >= 11 is 0. The van der Waals surface area contributed by atoms with E-state index in [-0.39, 0.29) is 6.10 Å². The van der Waals surface area contributed by atoms with Gasteiger partial charge in [0.1, 0.15) is 5.75 Å². The van der Waals surface area contributed by atoms with Crippen molar-refractivity contribution >= 4 is 0 Å². The van der Waals surface area contributed by atoms with Crippen LogP contribution in [0.5, 0.6) is 5.75 Å². The van der Waals surface area contributed by atoms with Crippen molar-refractivity contribution in [1.29, 1.82) is 0 Å². The van der Waals surface area contributed by atoms with E-state index in [4.69, 9.17) is 9.47 Å². The van der Waals surface area contributed by atoms with Crippen LogP contribution in [-0.4, -0.2) is 26.9 Å². The molecule has 1 aliphatic carbocycles. The van der Waals surface area contributed by atoms with E-state index >= 15 is 0 Å². The molecule has 18 heavy (non-hydrogen) atoms. The number of aryl methyl sites for hydroxylation is 1. The van der Waals surface area contributed by atoms with Gasteiger partial charge in [-0.3, -0.25) is 0 Å². The van der Waals surface area contributed by atoms with Gasteiger partial charge >= 0.3 is 0 Å². The van der Waals surface area contributed by atoms with E-state index in [1.54, 1.807) is 7.11 Å². The van der Waals surface area contributed by atoms with Gasteiger partial charge in [-0.05, 0) is 49.6 Å². The molecule has 0 aliphatic heterocycles. The lowest BCUT2D eigenvalue weighted by Gasteiger charge is -2.33. The summed E-state index contributed by atoms with van der Waals surface area (Å²) in [5.74, 6) is 0.941. The summed E-state index contributed by atoms with van der Waals surface area (Å²) in [4.78, 5) is 0. The molecule has 2 atom stereocenters. The van der Waals surface area contributed by atoms with Crippen LogP contribution in [0.1, 0.15) is 36.9 Å². The Hall–Kier alpha value is -1.06. The van der Waals surface area contributed by atoms with Crippen LogP contribution in [0.15, 0.2) is 18.2 Å². The van der Waals surface area contributed by atoms with Crippen LogP contribution in [0.4, 0.5) is 0 Å². The number of methoxy groups -OCH3 is 1. The fourth-order valence-corrected chi connectivity index (χ4v) is 2.68. The molecule has 3 heteroatoms. The smallest absolute Gasteiger partial charge is 0.119 e. The summed E-state index contributed by atoms with van der Waals surface area (Å²) in [6, 6.07) is 6.64. The number of benzene rings is 1. The molecule has 0 amide bonds. The molecule has 2 unspecified atom stereocenters. The zero-order valence-corrected chi connectivity index (χ0v) is 11.5. The van der Waals surface area contributed by atoms with Crippen molar-refractivity contribution in [2.24, 2.45) is 0 Å². The Morgan fingerprint density at radius 2 is 2.22 bits per heavy atom. The molecule has 1 N–H and O–H groups in total. The van der Waals surface area contributed by atoms with Gasteiger partial charge in [-0.25, -0.2) is 0 Å². The summed E-state index contributed by atoms with van der Waals surface area (Å²) in [6.07, 6.45) is 3.50. The SMILES string of the molecule is CCCOC1CCc2cc(OC)ccc2C1NC. The molecular formula is C15H23NO2. The van der Waals surface area contributed by atoms with Crippen molar-refractivity contribution in [3.05, 3.63) is 29.3 Å². The molecule has 0 heterocycles. The molecule has 0 radical (unpaired) electrons. The van der Waals surface area contributed by atoms with E-state index in [0.717, 1.165) is 31.6 Å². The van der Waals surface area contributed by atoms with Crippen LogP contribution in [0.3, 0.4) is 0 Å². The lowest BCUT2D eigenvalue weighted by molar-refractivity contribution is 0.0178. The first-order chi connectivity index (χ1) is 8.80. The number of hydrogen-bond donors (Lipinski definition) is 1. The average molecular weight is 249 g/mol. The highest BCUT2D eigenvalue weighted by molar-refractivity contribution is 5.39. The van der Waals surface area contributed by atoms with Gasteiger partial charge in [0, 0.05) is 6.61 Å². The van der Waals surface area contributed by atoms with Crippen LogP contribution in [0.25, 0.3) is 0 Å². The Kier molecular flexibility index (Phi) is 4.61. The van der Waals surface area contributed by atoms with Gasteiger partial charge < -0.3 is 14.8 Å². The average Bonchev–Trinajstić information content (AvgIpc) is 2.43. The van der Waals surface area contributed by atoms with Crippen molar-refractivity contribution in [2.45, 2.75) is 38.3 Å². The maximum Gasteiger partial charge on any atom is 0.119 e. The highest BCUT2D eigenvalue weighted by Gasteiger charge is 2.29. The summed E-state index contributed by atoms with van der Waals surface area (Å²) in [5, 5.41) is 3.39. The van der Waals surface area contributed by atoms with Crippen molar-refractivity contribution in [3.8, 4) is 5.75 Å². The lowest BCUT2D eigenvalue weighted by Crippen LogP contribution is -2.36. The van der Waals surface area contributed by atoms with Gasteiger partial charge in [0.2, 0.25) is 0 Å². The van der Waals surface area contributed by atoms with Crippen molar-refractivity contribution in [3.63, 3.8) is 0 Å². The Balaban J connectivity index is 2.20. The molecule has 3 nitrogen and oxygen atoms in total. The predicted molar refractivity (Wildman–Crippen MR) is 73.1 cm³/mol. The largest absolute Gasteiger partial charge is 0.497 e. The molecule has 1 aliphatic rings. The monoisotopic (exact) mass is 249 g/mol. The van der Waals surface area contributed by atoms with E-state index < -0.39 is 0 Å². The molecular weight excluding hydrogens is 226 g/mol. The van der Waals surface area contributed by atoms with Gasteiger partial charge in [0.15, 0.2) is 0 Å². The third-order valence-electron chi connectivity index (χ3n) is 3.60. The van der Waals surface area contributed by atoms with E-state index in [9.17, 15) is 0 Å². The third kappa shape index (κ3) is 2.68. The summed E-state index contributed by atoms with van der Waals surface area (Å²) in [6.45, 7) is 2.99. The Bertz CT molecular complexity index is 392. The van der Waals surface area contributed by atoms with Crippen molar-refractivity contribution < 1.29 is 9.47 Å². The van der Waals surface area contributed by atoms with E-state index in [2.05, 4.69) is 24.4 Å². The van der Waals surface area contributed by atoms with Crippen LogP contribution in [0, 0.1) is 0 Å². The zero-order valence-electron chi connectivity index (χ0n) is 11.5. The Morgan fingerprint density at radius 3 is 2.89 bits per heavy atom. The van der Waals surface area contributed by atoms with Gasteiger partial charge in [0.25, 0.3) is 0 Å². The summed E-state index contributed by atoms with van der Waals surface area (Å²) in [5.41, 5.74) is 2.73. The van der Waals surface area contributed by atoms with Gasteiger partial charge in [-0.15, -0.1) is 0 Å². The number of nitrogens with one attached hydrogen (secondary N) is 1. The molecule has 0 spiro atoms. The fourth-order valence-electron chi connectivity index (χ4n) is 2.68. The van der Waals surface area contributed by atoms with Gasteiger partial charge in [-0.1, -0.05) is 13.0 Å². The summed E-state index contributed by atoms with van der Waals surface area (Å²) < 4.78 is 11.2. The highest BCUT2D eigenvalue weighted by atomic mass is 16.5. The second-order valence-electron chi connectivity index (χ2n) is 4.78. The molecule has 0 saturated heterocycles. The van der Waals surface area contributed by atoms with Crippen LogP contribution >= 0.6 is 0 Å². The van der Waals surface area contributed by atoms with Crippen molar-refractivity contribution in [1.82, 2.24) is 5.32 Å². The number of hydrogen-bond acceptors (Lipinski definition) is 3. The zero-order chi connectivity index (χ0) is 13.0. The van der Waals surface area contributed by atoms with Crippen molar-refractivity contribution in [2.75, 3.05) is 20.8 Å². The van der Waals surface area contributed by atoms with Gasteiger partial charge in [0.05, 0.1) is 19.3 Å². The molecule has 0 saturated carbocycles. The number of fused-ring (bicyclic) bond motifs is 1. The number of ether oxygens (including phenoxy) is 2. The molecule has 100 valence electrons. The van der Waals surface area contributed by atoms with Crippen LogP contribution in [0.2, 0.25) is 0 Å². The standard InChI is InChI=1S/C15H23NO2/c1-4-9-18-14-8-5-11-10-12(17-3)6-7-13(11)15(14)16-2/h6-7,10,14-16H,4-5,8-9H2,1-3H3. The molecule has 1 aromatic rings. The van der Waals surface area contributed by atoms with Crippen LogP contribution < -0.4 is 10.1 Å². The fraction of sp³-hybridized carbons (Fsp3) is 0.600. The van der Waals surface area contributed by atoms with E-state index in [0.29, 0.717) is 6.04 Å². The number of rotatable bonds is 5. The Labute approximate surface area is 109 Å². The normalized spacial score (nSPS) is 22.6. The minimum Gasteiger partial charge on any atom is -0.497 e. The van der Waals surface area contributed by atoms with Crippen LogP contribution in [-0.2, 0) is 11.2 Å². The second-order valence-corrected chi connectivity index (χ2v) is 4.78. The molecule has 0 aromatic heterocycles. The topological polar surface area (TPSA) is 30.5 Å². The second kappa shape index (κ2) is 6.21. The lowest BCUT2D eigenvalue weighted by atomic mass is 9.85. The Morgan fingerprint density at radius 1 is 1.39 bits per heavy atom. The minimum atomic E-state index is 0.288.